The molecule has 0 aliphatic rings. The van der Waals surface area contributed by atoms with E-state index in [1.165, 1.54) is 4.90 Å². The number of nitrogen functional groups attached to an aromatic ring is 2. The van der Waals surface area contributed by atoms with Crippen molar-refractivity contribution < 1.29 is 15.4 Å². The Hall–Kier alpha value is -2.00. The van der Waals surface area contributed by atoms with Crippen LogP contribution in [0.5, 0.6) is 0 Å². The molecular formula is C8H16N6O3. The number of hydrogen-bond acceptors (Lipinski definition) is 8. The Kier molecular flexibility index (Phi) is 4.12. The zero-order chi connectivity index (χ0) is 13.0. The normalized spacial score (nSPS) is 10.5. The van der Waals surface area contributed by atoms with Crippen LogP contribution in [-0.4, -0.2) is 51.7 Å². The average molecular weight is 244 g/mol. The third-order valence-corrected chi connectivity index (χ3v) is 2.22. The van der Waals surface area contributed by atoms with Crippen molar-refractivity contribution in [2.24, 2.45) is 0 Å². The lowest BCUT2D eigenvalue weighted by Gasteiger charge is -2.23. The number of aromatic nitrogens is 2. The van der Waals surface area contributed by atoms with Gasteiger partial charge in [0, 0.05) is 13.1 Å². The molecule has 0 aliphatic heterocycles. The van der Waals surface area contributed by atoms with E-state index in [0.717, 1.165) is 0 Å². The highest BCUT2D eigenvalue weighted by atomic mass is 16.5. The van der Waals surface area contributed by atoms with Crippen molar-refractivity contribution in [2.45, 2.75) is 0 Å². The maximum atomic E-state index is 9.32. The van der Waals surface area contributed by atoms with Gasteiger partial charge in [0.1, 0.15) is 11.4 Å². The van der Waals surface area contributed by atoms with Crippen molar-refractivity contribution in [2.75, 3.05) is 42.7 Å². The number of nitrogens with two attached hydrogens (primary N) is 2. The molecule has 9 nitrogen and oxygen atoms in total. The van der Waals surface area contributed by atoms with Crippen LogP contribution < -0.4 is 21.9 Å². The zero-order valence-corrected chi connectivity index (χ0v) is 9.17. The Bertz CT molecular complexity index is 440. The van der Waals surface area contributed by atoms with Crippen molar-refractivity contribution in [1.82, 2.24) is 9.94 Å². The van der Waals surface area contributed by atoms with Crippen LogP contribution in [0.2, 0.25) is 0 Å². The average Bonchev–Trinajstić information content (AvgIpc) is 2.31. The highest BCUT2D eigenvalue weighted by Gasteiger charge is 2.16. The van der Waals surface area contributed by atoms with E-state index in [1.54, 1.807) is 0 Å². The molecule has 96 valence electrons. The molecule has 1 rings (SSSR count). The van der Waals surface area contributed by atoms with Crippen molar-refractivity contribution >= 4 is 17.2 Å². The topological polar surface area (TPSA) is 158 Å². The molecule has 0 aliphatic carbocycles. The van der Waals surface area contributed by atoms with Crippen LogP contribution in [0.1, 0.15) is 0 Å². The van der Waals surface area contributed by atoms with Gasteiger partial charge in [-0.2, -0.15) is 0 Å². The van der Waals surface area contributed by atoms with E-state index in [-0.39, 0.29) is 43.5 Å². The largest absolute Gasteiger partial charge is 0.410 e. The van der Waals surface area contributed by atoms with Crippen LogP contribution in [-0.2, 0) is 0 Å². The molecule has 8 N–H and O–H groups in total. The Balaban J connectivity index is 3.23. The van der Waals surface area contributed by atoms with Crippen LogP contribution in [0.15, 0.2) is 0 Å². The van der Waals surface area contributed by atoms with Gasteiger partial charge in [-0.25, -0.2) is 0 Å². The Labute approximate surface area is 97.0 Å². The number of hydrogen-bond donors (Lipinski definition) is 6. The molecule has 0 spiro atoms. The first-order valence-corrected chi connectivity index (χ1v) is 4.91. The summed E-state index contributed by atoms with van der Waals surface area (Å²) >= 11 is 0. The van der Waals surface area contributed by atoms with Gasteiger partial charge >= 0.3 is 0 Å². The predicted octanol–water partition coefficient (Wildman–Crippen LogP) is -2.44. The highest BCUT2D eigenvalue weighted by Crippen LogP contribution is 2.22. The lowest BCUT2D eigenvalue weighted by Crippen LogP contribution is -2.35. The number of rotatable bonds is 5. The Morgan fingerprint density at radius 1 is 1.18 bits per heavy atom. The SMILES string of the molecule is N=c1c(N)c(N)c(N(CCO)CCO)nn1O. The molecule has 9 heteroatoms. The van der Waals surface area contributed by atoms with Gasteiger partial charge in [0.15, 0.2) is 5.82 Å². The summed E-state index contributed by atoms with van der Waals surface area (Å²) in [5.74, 6) is 0.115. The molecule has 1 aromatic rings. The van der Waals surface area contributed by atoms with Crippen molar-refractivity contribution in [3.05, 3.63) is 5.49 Å². The molecule has 17 heavy (non-hydrogen) atoms. The molecule has 1 aromatic heterocycles. The van der Waals surface area contributed by atoms with E-state index >= 15 is 0 Å². The van der Waals surface area contributed by atoms with Gasteiger partial charge in [-0.15, -0.1) is 5.10 Å². The van der Waals surface area contributed by atoms with E-state index in [9.17, 15) is 5.21 Å². The lowest BCUT2D eigenvalue weighted by molar-refractivity contribution is 0.131. The summed E-state index contributed by atoms with van der Waals surface area (Å²) in [4.78, 5) is 1.75. The monoisotopic (exact) mass is 244 g/mol. The van der Waals surface area contributed by atoms with Crippen LogP contribution in [0, 0.1) is 5.41 Å². The fourth-order valence-corrected chi connectivity index (χ4v) is 1.35. The molecule has 0 fully saturated rings. The maximum Gasteiger partial charge on any atom is 0.207 e. The molecule has 0 atom stereocenters. The minimum Gasteiger partial charge on any atom is -0.410 e. The van der Waals surface area contributed by atoms with Gasteiger partial charge < -0.3 is 31.8 Å². The second-order valence-corrected chi connectivity index (χ2v) is 3.32. The summed E-state index contributed by atoms with van der Waals surface area (Å²) in [7, 11) is 0. The standard InChI is InChI=1S/C8H16N6O3/c9-5-6(10)8(12-14(17)7(5)11)13(1-3-15)2-4-16/h11,15-17H,1-4,9-10H2. The quantitative estimate of drug-likeness (QED) is 0.314. The summed E-state index contributed by atoms with van der Waals surface area (Å²) in [6.45, 7) is 0.00720. The summed E-state index contributed by atoms with van der Waals surface area (Å²) in [6.07, 6.45) is 0. The van der Waals surface area contributed by atoms with Crippen molar-refractivity contribution in [3.8, 4) is 0 Å². The fourth-order valence-electron chi connectivity index (χ4n) is 1.35. The van der Waals surface area contributed by atoms with Gasteiger partial charge in [0.05, 0.1) is 13.2 Å². The van der Waals surface area contributed by atoms with Gasteiger partial charge in [0.25, 0.3) is 0 Å². The molecule has 0 radical (unpaired) electrons. The Morgan fingerprint density at radius 2 is 1.71 bits per heavy atom. The third-order valence-electron chi connectivity index (χ3n) is 2.22. The number of nitrogens with zero attached hydrogens (tertiary/aromatic N) is 3. The summed E-state index contributed by atoms with van der Waals surface area (Å²) in [6, 6.07) is 0. The molecule has 1 heterocycles. The third kappa shape index (κ3) is 2.57. The first-order valence-electron chi connectivity index (χ1n) is 4.91. The number of nitrogens with one attached hydrogen (secondary N) is 1. The van der Waals surface area contributed by atoms with Gasteiger partial charge in [-0.05, 0) is 0 Å². The number of anilines is 3. The molecule has 0 unspecified atom stereocenters. The smallest absolute Gasteiger partial charge is 0.207 e. The van der Waals surface area contributed by atoms with Gasteiger partial charge in [-0.1, -0.05) is 4.85 Å². The van der Waals surface area contributed by atoms with E-state index < -0.39 is 5.49 Å². The van der Waals surface area contributed by atoms with Crippen LogP contribution in [0.4, 0.5) is 17.2 Å². The molecule has 0 bridgehead atoms. The van der Waals surface area contributed by atoms with Crippen LogP contribution in [0.3, 0.4) is 0 Å². The predicted molar refractivity (Wildman–Crippen MR) is 60.5 cm³/mol. The van der Waals surface area contributed by atoms with E-state index in [2.05, 4.69) is 5.10 Å². The highest BCUT2D eigenvalue weighted by molar-refractivity contribution is 5.74. The molecule has 0 amide bonds. The van der Waals surface area contributed by atoms with Gasteiger partial charge in [-0.3, -0.25) is 5.41 Å². The minimum absolute atomic E-state index is 0.0298. The summed E-state index contributed by atoms with van der Waals surface area (Å²) < 4.78 is 0. The lowest BCUT2D eigenvalue weighted by atomic mass is 10.3. The second-order valence-electron chi connectivity index (χ2n) is 3.32. The molecular weight excluding hydrogens is 228 g/mol. The second kappa shape index (κ2) is 5.37. The summed E-state index contributed by atoms with van der Waals surface area (Å²) in [5.41, 5.74) is 10.7. The van der Waals surface area contributed by atoms with E-state index in [1.807, 2.05) is 0 Å². The first-order chi connectivity index (χ1) is 8.02. The molecule has 0 aromatic carbocycles. The number of aliphatic hydroxyl groups excluding tert-OH is 2. The molecule has 0 saturated carbocycles. The molecule has 0 saturated heterocycles. The fraction of sp³-hybridized carbons (Fsp3) is 0.500. The van der Waals surface area contributed by atoms with E-state index in [4.69, 9.17) is 27.1 Å². The van der Waals surface area contributed by atoms with Crippen molar-refractivity contribution in [1.29, 1.82) is 5.41 Å². The van der Waals surface area contributed by atoms with Crippen LogP contribution >= 0.6 is 0 Å². The van der Waals surface area contributed by atoms with E-state index in [0.29, 0.717) is 4.85 Å². The number of aliphatic hydroxyl groups is 2. The maximum absolute atomic E-state index is 9.32. The summed E-state index contributed by atoms with van der Waals surface area (Å²) in [5, 5.41) is 38.1. The van der Waals surface area contributed by atoms with Crippen molar-refractivity contribution in [3.63, 3.8) is 0 Å². The van der Waals surface area contributed by atoms with Crippen LogP contribution in [0.25, 0.3) is 0 Å². The Morgan fingerprint density at radius 3 is 2.18 bits per heavy atom. The minimum atomic E-state index is -0.417. The van der Waals surface area contributed by atoms with Gasteiger partial charge in [0.2, 0.25) is 5.49 Å². The first kappa shape index (κ1) is 13.1. The zero-order valence-electron chi connectivity index (χ0n) is 9.17.